The van der Waals surface area contributed by atoms with Crippen molar-refractivity contribution < 1.29 is 0 Å². The van der Waals surface area contributed by atoms with Crippen molar-refractivity contribution >= 4 is 5.96 Å². The predicted octanol–water partition coefficient (Wildman–Crippen LogP) is 2.82. The fraction of sp³-hybridized carbons (Fsp3) is 0.696. The number of piperazine rings is 1. The number of likely N-dealkylation sites (tertiary alicyclic amines) is 1. The van der Waals surface area contributed by atoms with E-state index >= 15 is 0 Å². The predicted molar refractivity (Wildman–Crippen MR) is 117 cm³/mol. The molecule has 2 saturated heterocycles. The average Bonchev–Trinajstić information content (AvgIpc) is 3.16. The largest absolute Gasteiger partial charge is 0.356 e. The molecule has 1 aromatic carbocycles. The smallest absolute Gasteiger partial charge is 0.193 e. The zero-order valence-corrected chi connectivity index (χ0v) is 17.7. The Morgan fingerprint density at radius 1 is 1.14 bits per heavy atom. The van der Waals surface area contributed by atoms with Crippen LogP contribution in [0.15, 0.2) is 35.3 Å². The molecule has 1 aliphatic carbocycles. The van der Waals surface area contributed by atoms with Crippen LogP contribution in [0.2, 0.25) is 0 Å². The molecular weight excluding hydrogens is 346 g/mol. The summed E-state index contributed by atoms with van der Waals surface area (Å²) < 4.78 is 0. The number of rotatable bonds is 5. The maximum absolute atomic E-state index is 4.56. The van der Waals surface area contributed by atoms with Crippen LogP contribution in [0.25, 0.3) is 0 Å². The van der Waals surface area contributed by atoms with Crippen LogP contribution in [0.5, 0.6) is 0 Å². The summed E-state index contributed by atoms with van der Waals surface area (Å²) in [4.78, 5) is 12.2. The van der Waals surface area contributed by atoms with E-state index in [4.69, 9.17) is 0 Å². The standard InChI is InChI=1S/C23H37N5/c1-24-22(28-15-12-23(19-28)10-6-11-23)25-13-7-14-27-17-16-26(2)18-21(27)20-8-4-3-5-9-20/h3-5,8-9,21H,6-7,10-19H2,1-2H3,(H,24,25). The lowest BCUT2D eigenvalue weighted by molar-refractivity contribution is 0.0890. The van der Waals surface area contributed by atoms with Gasteiger partial charge in [0.25, 0.3) is 0 Å². The molecule has 2 aliphatic heterocycles. The molecule has 5 heteroatoms. The molecule has 1 saturated carbocycles. The van der Waals surface area contributed by atoms with E-state index in [1.165, 1.54) is 44.3 Å². The maximum Gasteiger partial charge on any atom is 0.193 e. The van der Waals surface area contributed by atoms with E-state index < -0.39 is 0 Å². The molecule has 0 bridgehead atoms. The van der Waals surface area contributed by atoms with Gasteiger partial charge in [-0.1, -0.05) is 36.8 Å². The highest BCUT2D eigenvalue weighted by atomic mass is 15.3. The number of hydrogen-bond donors (Lipinski definition) is 1. The summed E-state index contributed by atoms with van der Waals surface area (Å²) >= 11 is 0. The van der Waals surface area contributed by atoms with Crippen LogP contribution in [0.3, 0.4) is 0 Å². The zero-order chi connectivity index (χ0) is 19.4. The van der Waals surface area contributed by atoms with Gasteiger partial charge in [0.1, 0.15) is 0 Å². The number of aliphatic imine (C=N–C) groups is 1. The van der Waals surface area contributed by atoms with E-state index in [9.17, 15) is 0 Å². The molecule has 0 aromatic heterocycles. The SMILES string of the molecule is CN=C(NCCCN1CCN(C)CC1c1ccccc1)N1CCC2(CCC2)C1. The quantitative estimate of drug-likeness (QED) is 0.482. The molecule has 28 heavy (non-hydrogen) atoms. The first kappa shape index (κ1) is 19.7. The first-order valence-electron chi connectivity index (χ1n) is 11.1. The summed E-state index contributed by atoms with van der Waals surface area (Å²) in [6, 6.07) is 11.5. The Balaban J connectivity index is 1.25. The minimum atomic E-state index is 0.510. The van der Waals surface area contributed by atoms with E-state index in [0.717, 1.165) is 45.1 Å². The van der Waals surface area contributed by atoms with Crippen LogP contribution in [0.1, 0.15) is 43.7 Å². The third-order valence-electron chi connectivity index (χ3n) is 7.15. The van der Waals surface area contributed by atoms with Crippen molar-refractivity contribution in [1.82, 2.24) is 20.0 Å². The van der Waals surface area contributed by atoms with Crippen LogP contribution in [0.4, 0.5) is 0 Å². The number of benzene rings is 1. The van der Waals surface area contributed by atoms with Crippen molar-refractivity contribution in [1.29, 1.82) is 0 Å². The molecule has 0 amide bonds. The number of hydrogen-bond acceptors (Lipinski definition) is 3. The monoisotopic (exact) mass is 383 g/mol. The molecule has 154 valence electrons. The first-order chi connectivity index (χ1) is 13.7. The van der Waals surface area contributed by atoms with Gasteiger partial charge in [-0.2, -0.15) is 0 Å². The van der Waals surface area contributed by atoms with Crippen LogP contribution in [0, 0.1) is 5.41 Å². The van der Waals surface area contributed by atoms with E-state index in [-0.39, 0.29) is 0 Å². The van der Waals surface area contributed by atoms with Gasteiger partial charge in [-0.25, -0.2) is 0 Å². The van der Waals surface area contributed by atoms with Crippen molar-refractivity contribution in [2.24, 2.45) is 10.4 Å². The molecule has 1 unspecified atom stereocenters. The molecule has 3 aliphatic rings. The Labute approximate surface area is 170 Å². The fourth-order valence-corrected chi connectivity index (χ4v) is 5.23. The fourth-order valence-electron chi connectivity index (χ4n) is 5.23. The van der Waals surface area contributed by atoms with Gasteiger partial charge >= 0.3 is 0 Å². The van der Waals surface area contributed by atoms with Gasteiger partial charge in [-0.3, -0.25) is 9.89 Å². The van der Waals surface area contributed by atoms with Crippen LogP contribution in [-0.2, 0) is 0 Å². The molecule has 1 aromatic rings. The van der Waals surface area contributed by atoms with Gasteiger partial charge in [-0.05, 0) is 43.7 Å². The summed E-state index contributed by atoms with van der Waals surface area (Å²) in [7, 11) is 4.17. The Bertz CT molecular complexity index is 654. The minimum absolute atomic E-state index is 0.510. The number of nitrogens with zero attached hydrogens (tertiary/aromatic N) is 4. The molecule has 1 spiro atoms. The van der Waals surface area contributed by atoms with Crippen LogP contribution < -0.4 is 5.32 Å². The lowest BCUT2D eigenvalue weighted by Gasteiger charge is -2.40. The number of nitrogens with one attached hydrogen (secondary N) is 1. The van der Waals surface area contributed by atoms with Gasteiger partial charge in [-0.15, -0.1) is 0 Å². The Morgan fingerprint density at radius 3 is 2.64 bits per heavy atom. The van der Waals surface area contributed by atoms with Crippen LogP contribution >= 0.6 is 0 Å². The molecule has 1 N–H and O–H groups in total. The topological polar surface area (TPSA) is 34.1 Å². The molecule has 1 atom stereocenters. The molecule has 3 fully saturated rings. The Hall–Kier alpha value is -1.59. The van der Waals surface area contributed by atoms with Gasteiger partial charge < -0.3 is 15.1 Å². The van der Waals surface area contributed by atoms with Gasteiger partial charge in [0.05, 0.1) is 0 Å². The van der Waals surface area contributed by atoms with E-state index in [1.807, 2.05) is 7.05 Å². The number of likely N-dealkylation sites (N-methyl/N-ethyl adjacent to an activating group) is 1. The summed E-state index contributed by atoms with van der Waals surface area (Å²) in [6.07, 6.45) is 6.78. The molecule has 5 nitrogen and oxygen atoms in total. The minimum Gasteiger partial charge on any atom is -0.356 e. The highest BCUT2D eigenvalue weighted by Crippen LogP contribution is 2.47. The molecule has 4 rings (SSSR count). The average molecular weight is 384 g/mol. The van der Waals surface area contributed by atoms with E-state index in [1.54, 1.807) is 0 Å². The van der Waals surface area contributed by atoms with E-state index in [2.05, 4.69) is 62.4 Å². The van der Waals surface area contributed by atoms with Crippen molar-refractivity contribution in [3.8, 4) is 0 Å². The van der Waals surface area contributed by atoms with E-state index in [0.29, 0.717) is 11.5 Å². The molecular formula is C23H37N5. The first-order valence-corrected chi connectivity index (χ1v) is 11.1. The Morgan fingerprint density at radius 2 is 1.96 bits per heavy atom. The second-order valence-corrected chi connectivity index (χ2v) is 9.08. The lowest BCUT2D eigenvalue weighted by Crippen LogP contribution is -2.48. The van der Waals surface area contributed by atoms with Gasteiger partial charge in [0.2, 0.25) is 0 Å². The summed E-state index contributed by atoms with van der Waals surface area (Å²) in [5.41, 5.74) is 2.07. The second-order valence-electron chi connectivity index (χ2n) is 9.08. The second kappa shape index (κ2) is 8.83. The Kier molecular flexibility index (Phi) is 6.22. The zero-order valence-electron chi connectivity index (χ0n) is 17.7. The molecule has 2 heterocycles. The highest BCUT2D eigenvalue weighted by Gasteiger charge is 2.43. The summed E-state index contributed by atoms with van der Waals surface area (Å²) in [5, 5.41) is 3.64. The third-order valence-corrected chi connectivity index (χ3v) is 7.15. The van der Waals surface area contributed by atoms with Crippen molar-refractivity contribution in [3.05, 3.63) is 35.9 Å². The van der Waals surface area contributed by atoms with Crippen molar-refractivity contribution in [3.63, 3.8) is 0 Å². The molecule has 0 radical (unpaired) electrons. The highest BCUT2D eigenvalue weighted by molar-refractivity contribution is 5.80. The lowest BCUT2D eigenvalue weighted by atomic mass is 9.68. The normalized spacial score (nSPS) is 25.9. The maximum atomic E-state index is 4.56. The van der Waals surface area contributed by atoms with Gasteiger partial charge in [0, 0.05) is 58.9 Å². The summed E-state index contributed by atoms with van der Waals surface area (Å²) in [6.45, 7) is 7.96. The number of guanidine groups is 1. The summed E-state index contributed by atoms with van der Waals surface area (Å²) in [5.74, 6) is 1.11. The van der Waals surface area contributed by atoms with Crippen molar-refractivity contribution in [2.45, 2.75) is 38.1 Å². The third kappa shape index (κ3) is 4.36. The van der Waals surface area contributed by atoms with Crippen LogP contribution in [-0.4, -0.2) is 80.6 Å². The van der Waals surface area contributed by atoms with Gasteiger partial charge in [0.15, 0.2) is 5.96 Å². The van der Waals surface area contributed by atoms with Crippen molar-refractivity contribution in [2.75, 3.05) is 59.9 Å².